The van der Waals surface area contributed by atoms with Gasteiger partial charge in [0.05, 0.1) is 23.9 Å². The summed E-state index contributed by atoms with van der Waals surface area (Å²) in [7, 11) is 1.57. The molecular weight excluding hydrogens is 328 g/mol. The average Bonchev–Trinajstić information content (AvgIpc) is 2.57. The van der Waals surface area contributed by atoms with E-state index in [1.54, 1.807) is 55.6 Å². The zero-order valence-corrected chi connectivity index (χ0v) is 14.3. The van der Waals surface area contributed by atoms with Gasteiger partial charge in [-0.3, -0.25) is 9.59 Å². The van der Waals surface area contributed by atoms with E-state index >= 15 is 0 Å². The molecule has 0 aliphatic heterocycles. The minimum absolute atomic E-state index is 0.0722. The summed E-state index contributed by atoms with van der Waals surface area (Å²) < 4.78 is 5.34. The largest absolute Gasteiger partial charge is 0.494 e. The van der Waals surface area contributed by atoms with E-state index in [-0.39, 0.29) is 18.4 Å². The standard InChI is InChI=1S/C18H19ClN2O3/c1-3-24-14-10-8-13(9-11-14)18(23)21(2)12-17(22)20-16-7-5-4-6-15(16)19/h4-11H,3,12H2,1-2H3,(H,20,22). The van der Waals surface area contributed by atoms with E-state index < -0.39 is 0 Å². The highest BCUT2D eigenvalue weighted by molar-refractivity contribution is 6.33. The van der Waals surface area contributed by atoms with Crippen molar-refractivity contribution in [3.8, 4) is 5.75 Å². The van der Waals surface area contributed by atoms with Crippen LogP contribution in [0.1, 0.15) is 17.3 Å². The lowest BCUT2D eigenvalue weighted by atomic mass is 10.2. The Morgan fingerprint density at radius 1 is 1.12 bits per heavy atom. The average molecular weight is 347 g/mol. The van der Waals surface area contributed by atoms with Crippen molar-refractivity contribution in [2.24, 2.45) is 0 Å². The molecule has 0 fully saturated rings. The molecule has 126 valence electrons. The number of nitrogens with one attached hydrogen (secondary N) is 1. The number of ether oxygens (including phenoxy) is 1. The maximum Gasteiger partial charge on any atom is 0.254 e. The Balaban J connectivity index is 1.95. The van der Waals surface area contributed by atoms with Crippen LogP contribution in [0.3, 0.4) is 0 Å². The van der Waals surface area contributed by atoms with Crippen molar-refractivity contribution in [3.05, 3.63) is 59.1 Å². The number of amides is 2. The first-order chi connectivity index (χ1) is 11.5. The van der Waals surface area contributed by atoms with Crippen LogP contribution >= 0.6 is 11.6 Å². The van der Waals surface area contributed by atoms with Gasteiger partial charge in [-0.1, -0.05) is 23.7 Å². The fourth-order valence-corrected chi connectivity index (χ4v) is 2.30. The van der Waals surface area contributed by atoms with Crippen LogP contribution < -0.4 is 10.1 Å². The van der Waals surface area contributed by atoms with Gasteiger partial charge in [0.15, 0.2) is 0 Å². The van der Waals surface area contributed by atoms with E-state index in [0.717, 1.165) is 0 Å². The molecule has 0 spiro atoms. The van der Waals surface area contributed by atoms with Crippen LogP contribution in [0.2, 0.25) is 5.02 Å². The molecular formula is C18H19ClN2O3. The molecule has 24 heavy (non-hydrogen) atoms. The van der Waals surface area contributed by atoms with Gasteiger partial charge in [-0.25, -0.2) is 0 Å². The number of halogens is 1. The number of nitrogens with zero attached hydrogens (tertiary/aromatic N) is 1. The van der Waals surface area contributed by atoms with Crippen LogP contribution in [-0.4, -0.2) is 36.9 Å². The lowest BCUT2D eigenvalue weighted by Gasteiger charge is -2.17. The van der Waals surface area contributed by atoms with E-state index in [1.807, 2.05) is 6.92 Å². The third kappa shape index (κ3) is 4.73. The van der Waals surface area contributed by atoms with Gasteiger partial charge in [0.1, 0.15) is 5.75 Å². The SMILES string of the molecule is CCOc1ccc(C(=O)N(C)CC(=O)Nc2ccccc2Cl)cc1. The van der Waals surface area contributed by atoms with Gasteiger partial charge in [-0.15, -0.1) is 0 Å². The van der Waals surface area contributed by atoms with Gasteiger partial charge in [-0.2, -0.15) is 0 Å². The highest BCUT2D eigenvalue weighted by Crippen LogP contribution is 2.20. The molecule has 5 nitrogen and oxygen atoms in total. The molecule has 0 heterocycles. The zero-order valence-electron chi connectivity index (χ0n) is 13.6. The van der Waals surface area contributed by atoms with E-state index in [0.29, 0.717) is 28.6 Å². The van der Waals surface area contributed by atoms with Crippen molar-refractivity contribution in [2.75, 3.05) is 25.5 Å². The second-order valence-corrected chi connectivity index (χ2v) is 5.55. The highest BCUT2D eigenvalue weighted by Gasteiger charge is 2.15. The number of carbonyl (C=O) groups excluding carboxylic acids is 2. The second-order valence-electron chi connectivity index (χ2n) is 5.15. The molecule has 2 amide bonds. The number of para-hydroxylation sites is 1. The first-order valence-electron chi connectivity index (χ1n) is 7.54. The first-order valence-corrected chi connectivity index (χ1v) is 7.91. The van der Waals surface area contributed by atoms with Gasteiger partial charge in [0.25, 0.3) is 5.91 Å². The third-order valence-electron chi connectivity index (χ3n) is 3.29. The van der Waals surface area contributed by atoms with Gasteiger partial charge in [-0.05, 0) is 43.3 Å². The van der Waals surface area contributed by atoms with Gasteiger partial charge < -0.3 is 15.0 Å². The molecule has 0 aliphatic carbocycles. The summed E-state index contributed by atoms with van der Waals surface area (Å²) in [6.45, 7) is 2.39. The number of rotatable bonds is 6. The number of hydrogen-bond donors (Lipinski definition) is 1. The Morgan fingerprint density at radius 3 is 2.42 bits per heavy atom. The Hall–Kier alpha value is -2.53. The van der Waals surface area contributed by atoms with Gasteiger partial charge in [0, 0.05) is 12.6 Å². The summed E-state index contributed by atoms with van der Waals surface area (Å²) in [4.78, 5) is 25.8. The second kappa shape index (κ2) is 8.36. The molecule has 2 aromatic carbocycles. The number of anilines is 1. The number of carbonyl (C=O) groups is 2. The Bertz CT molecular complexity index is 716. The number of benzene rings is 2. The maximum atomic E-state index is 12.3. The third-order valence-corrected chi connectivity index (χ3v) is 3.62. The van der Waals surface area contributed by atoms with Crippen LogP contribution in [0, 0.1) is 0 Å². The topological polar surface area (TPSA) is 58.6 Å². The summed E-state index contributed by atoms with van der Waals surface area (Å²) in [6.07, 6.45) is 0. The van der Waals surface area contributed by atoms with Crippen LogP contribution in [0.5, 0.6) is 5.75 Å². The van der Waals surface area contributed by atoms with Crippen LogP contribution in [0.25, 0.3) is 0 Å². The molecule has 1 N–H and O–H groups in total. The van der Waals surface area contributed by atoms with Crippen molar-refractivity contribution >= 4 is 29.1 Å². The summed E-state index contributed by atoms with van der Waals surface area (Å²) in [5.74, 6) is 0.144. The van der Waals surface area contributed by atoms with Crippen molar-refractivity contribution in [3.63, 3.8) is 0 Å². The van der Waals surface area contributed by atoms with E-state index in [9.17, 15) is 9.59 Å². The predicted molar refractivity (Wildman–Crippen MR) is 94.7 cm³/mol. The Labute approximate surface area is 146 Å². The molecule has 2 aromatic rings. The fourth-order valence-electron chi connectivity index (χ4n) is 2.12. The van der Waals surface area contributed by atoms with E-state index in [1.165, 1.54) is 4.90 Å². The molecule has 6 heteroatoms. The van der Waals surface area contributed by atoms with Gasteiger partial charge in [0.2, 0.25) is 5.91 Å². The molecule has 2 rings (SSSR count). The van der Waals surface area contributed by atoms with Crippen molar-refractivity contribution in [2.45, 2.75) is 6.92 Å². The Kier molecular flexibility index (Phi) is 6.21. The molecule has 0 saturated carbocycles. The summed E-state index contributed by atoms with van der Waals surface area (Å²) in [5.41, 5.74) is 1.01. The van der Waals surface area contributed by atoms with Crippen LogP contribution in [0.4, 0.5) is 5.69 Å². The molecule has 0 aromatic heterocycles. The summed E-state index contributed by atoms with van der Waals surface area (Å²) >= 11 is 6.00. The van der Waals surface area contributed by atoms with E-state index in [2.05, 4.69) is 5.32 Å². The lowest BCUT2D eigenvalue weighted by Crippen LogP contribution is -2.34. The fraction of sp³-hybridized carbons (Fsp3) is 0.222. The van der Waals surface area contributed by atoms with Crippen molar-refractivity contribution < 1.29 is 14.3 Å². The molecule has 0 atom stereocenters. The maximum absolute atomic E-state index is 12.3. The number of likely N-dealkylation sites (N-methyl/N-ethyl adjacent to an activating group) is 1. The molecule has 0 aliphatic rings. The van der Waals surface area contributed by atoms with Gasteiger partial charge >= 0.3 is 0 Å². The molecule has 0 bridgehead atoms. The molecule has 0 radical (unpaired) electrons. The van der Waals surface area contributed by atoms with E-state index in [4.69, 9.17) is 16.3 Å². The highest BCUT2D eigenvalue weighted by atomic mass is 35.5. The van der Waals surface area contributed by atoms with Crippen molar-refractivity contribution in [1.29, 1.82) is 0 Å². The number of hydrogen-bond acceptors (Lipinski definition) is 3. The normalized spacial score (nSPS) is 10.1. The molecule has 0 saturated heterocycles. The predicted octanol–water partition coefficient (Wildman–Crippen LogP) is 3.45. The quantitative estimate of drug-likeness (QED) is 0.871. The Morgan fingerprint density at radius 2 is 1.79 bits per heavy atom. The lowest BCUT2D eigenvalue weighted by molar-refractivity contribution is -0.116. The van der Waals surface area contributed by atoms with Crippen molar-refractivity contribution in [1.82, 2.24) is 4.90 Å². The smallest absolute Gasteiger partial charge is 0.254 e. The van der Waals surface area contributed by atoms with Crippen LogP contribution in [0.15, 0.2) is 48.5 Å². The zero-order chi connectivity index (χ0) is 17.5. The minimum Gasteiger partial charge on any atom is -0.494 e. The monoisotopic (exact) mass is 346 g/mol. The summed E-state index contributed by atoms with van der Waals surface area (Å²) in [6, 6.07) is 13.8. The minimum atomic E-state index is -0.315. The summed E-state index contributed by atoms with van der Waals surface area (Å²) in [5, 5.41) is 3.14. The molecule has 0 unspecified atom stereocenters. The first kappa shape index (κ1) is 17.8. The van der Waals surface area contributed by atoms with Crippen LogP contribution in [-0.2, 0) is 4.79 Å².